The molecule has 0 spiro atoms. The highest BCUT2D eigenvalue weighted by atomic mass is 35.5. The Morgan fingerprint density at radius 3 is 2.85 bits per heavy atom. The third-order valence-electron chi connectivity index (χ3n) is 4.75. The van der Waals surface area contributed by atoms with E-state index >= 15 is 0 Å². The molecule has 1 atom stereocenters. The first-order chi connectivity index (χ1) is 13.0. The lowest BCUT2D eigenvalue weighted by Gasteiger charge is -2.34. The third kappa shape index (κ3) is 3.12. The van der Waals surface area contributed by atoms with E-state index in [0.29, 0.717) is 41.1 Å². The van der Waals surface area contributed by atoms with Gasteiger partial charge in [0.25, 0.3) is 0 Å². The molecule has 2 aromatic heterocycles. The Morgan fingerprint density at radius 1 is 1.30 bits per heavy atom. The lowest BCUT2D eigenvalue weighted by Crippen LogP contribution is -2.42. The summed E-state index contributed by atoms with van der Waals surface area (Å²) >= 11 is 12.5. The minimum Gasteiger partial charge on any atom is -0.465 e. The van der Waals surface area contributed by atoms with Crippen LogP contribution in [-0.2, 0) is 4.74 Å². The van der Waals surface area contributed by atoms with Gasteiger partial charge in [-0.25, -0.2) is 14.8 Å². The number of morpholine rings is 1. The molecule has 9 heteroatoms. The zero-order valence-corrected chi connectivity index (χ0v) is 15.9. The van der Waals surface area contributed by atoms with Gasteiger partial charge in [0.15, 0.2) is 5.65 Å². The molecule has 1 N–H and O–H groups in total. The summed E-state index contributed by atoms with van der Waals surface area (Å²) in [7, 11) is 0. The number of hydrogen-bond donors (Lipinski definition) is 1. The van der Waals surface area contributed by atoms with Crippen LogP contribution in [0.4, 0.5) is 4.79 Å². The predicted molar refractivity (Wildman–Crippen MR) is 102 cm³/mol. The van der Waals surface area contributed by atoms with Crippen LogP contribution in [0.2, 0.25) is 10.3 Å². The second-order valence-corrected chi connectivity index (χ2v) is 7.06. The summed E-state index contributed by atoms with van der Waals surface area (Å²) in [4.78, 5) is 21.2. The Hall–Kier alpha value is -2.35. The van der Waals surface area contributed by atoms with Crippen LogP contribution in [0, 0.1) is 6.92 Å². The van der Waals surface area contributed by atoms with Gasteiger partial charge in [0.2, 0.25) is 0 Å². The molecule has 1 fully saturated rings. The van der Waals surface area contributed by atoms with Crippen molar-refractivity contribution < 1.29 is 14.6 Å². The van der Waals surface area contributed by atoms with Gasteiger partial charge in [0.1, 0.15) is 16.6 Å². The molecule has 7 nitrogen and oxygen atoms in total. The summed E-state index contributed by atoms with van der Waals surface area (Å²) < 4.78 is 7.29. The van der Waals surface area contributed by atoms with Crippen molar-refractivity contribution in [2.24, 2.45) is 0 Å². The van der Waals surface area contributed by atoms with Crippen molar-refractivity contribution in [2.45, 2.75) is 13.0 Å². The van der Waals surface area contributed by atoms with Crippen LogP contribution in [0.25, 0.3) is 16.7 Å². The molecule has 4 rings (SSSR count). The van der Waals surface area contributed by atoms with Crippen molar-refractivity contribution in [3.63, 3.8) is 0 Å². The van der Waals surface area contributed by atoms with E-state index in [4.69, 9.17) is 27.9 Å². The van der Waals surface area contributed by atoms with Crippen molar-refractivity contribution in [3.05, 3.63) is 52.0 Å². The smallest absolute Gasteiger partial charge is 0.407 e. The molecule has 140 valence electrons. The Balaban J connectivity index is 1.78. The first-order valence-corrected chi connectivity index (χ1v) is 9.08. The average Bonchev–Trinajstić information content (AvgIpc) is 2.99. The lowest BCUT2D eigenvalue weighted by atomic mass is 9.99. The zero-order valence-electron chi connectivity index (χ0n) is 14.4. The number of rotatable bonds is 2. The number of halogens is 2. The quantitative estimate of drug-likeness (QED) is 0.648. The van der Waals surface area contributed by atoms with Gasteiger partial charge >= 0.3 is 6.09 Å². The molecule has 1 aliphatic heterocycles. The second kappa shape index (κ2) is 6.99. The Bertz CT molecular complexity index is 1040. The summed E-state index contributed by atoms with van der Waals surface area (Å²) in [5.41, 5.74) is 3.26. The number of carboxylic acid groups (broad SMARTS) is 1. The SMILES string of the molecule is Cc1cc(-n2c(Cl)cc3c(Cl)ncnc32)ccc1C1COCCN1C(=O)O. The van der Waals surface area contributed by atoms with Gasteiger partial charge in [-0.2, -0.15) is 0 Å². The minimum atomic E-state index is -0.947. The van der Waals surface area contributed by atoms with Crippen molar-refractivity contribution >= 4 is 40.3 Å². The molecule has 3 aromatic rings. The van der Waals surface area contributed by atoms with Crippen molar-refractivity contribution in [1.82, 2.24) is 19.4 Å². The second-order valence-electron chi connectivity index (χ2n) is 6.31. The number of fused-ring (bicyclic) bond motifs is 1. The van der Waals surface area contributed by atoms with Gasteiger partial charge < -0.3 is 9.84 Å². The molecule has 3 heterocycles. The van der Waals surface area contributed by atoms with E-state index in [-0.39, 0.29) is 6.04 Å². The van der Waals surface area contributed by atoms with Crippen LogP contribution in [-0.4, -0.2) is 50.4 Å². The normalized spacial score (nSPS) is 17.4. The fourth-order valence-electron chi connectivity index (χ4n) is 3.46. The van der Waals surface area contributed by atoms with Gasteiger partial charge in [-0.3, -0.25) is 9.47 Å². The van der Waals surface area contributed by atoms with Crippen LogP contribution in [0.15, 0.2) is 30.6 Å². The number of benzene rings is 1. The number of nitrogens with zero attached hydrogens (tertiary/aromatic N) is 4. The molecule has 1 aliphatic rings. The van der Waals surface area contributed by atoms with E-state index in [9.17, 15) is 9.90 Å². The van der Waals surface area contributed by atoms with E-state index < -0.39 is 6.09 Å². The fraction of sp³-hybridized carbons (Fsp3) is 0.278. The molecule has 27 heavy (non-hydrogen) atoms. The Labute approximate surface area is 165 Å². The highest BCUT2D eigenvalue weighted by Gasteiger charge is 2.29. The first-order valence-electron chi connectivity index (χ1n) is 8.33. The van der Waals surface area contributed by atoms with Gasteiger partial charge in [-0.05, 0) is 36.2 Å². The largest absolute Gasteiger partial charge is 0.465 e. The number of ether oxygens (including phenoxy) is 1. The van der Waals surface area contributed by atoms with Gasteiger partial charge in [-0.15, -0.1) is 0 Å². The average molecular weight is 407 g/mol. The fourth-order valence-corrected chi connectivity index (χ4v) is 3.93. The summed E-state index contributed by atoms with van der Waals surface area (Å²) in [5, 5.41) is 10.9. The summed E-state index contributed by atoms with van der Waals surface area (Å²) in [6, 6.07) is 7.14. The summed E-state index contributed by atoms with van der Waals surface area (Å²) in [6.45, 7) is 3.04. The highest BCUT2D eigenvalue weighted by Crippen LogP contribution is 2.32. The van der Waals surface area contributed by atoms with Crippen molar-refractivity contribution in [2.75, 3.05) is 19.8 Å². The molecular weight excluding hydrogens is 391 g/mol. The van der Waals surface area contributed by atoms with Crippen LogP contribution in [0.5, 0.6) is 0 Å². The zero-order chi connectivity index (χ0) is 19.1. The highest BCUT2D eigenvalue weighted by molar-refractivity contribution is 6.36. The molecule has 0 radical (unpaired) electrons. The molecule has 1 saturated heterocycles. The van der Waals surface area contributed by atoms with Gasteiger partial charge in [0.05, 0.1) is 24.6 Å². The minimum absolute atomic E-state index is 0.334. The maximum absolute atomic E-state index is 11.5. The maximum Gasteiger partial charge on any atom is 0.407 e. The molecular formula is C18H16Cl2N4O3. The third-order valence-corrected chi connectivity index (χ3v) is 5.33. The molecule has 0 saturated carbocycles. The Kier molecular flexibility index (Phi) is 4.67. The topological polar surface area (TPSA) is 80.5 Å². The predicted octanol–water partition coefficient (Wildman–Crippen LogP) is 4.09. The maximum atomic E-state index is 11.5. The van der Waals surface area contributed by atoms with E-state index in [1.807, 2.05) is 25.1 Å². The molecule has 1 amide bonds. The van der Waals surface area contributed by atoms with Crippen LogP contribution >= 0.6 is 23.2 Å². The standard InChI is InChI=1S/C18H16Cl2N4O3/c1-10-6-11(24-15(19)7-13-16(20)21-9-22-17(13)24)2-3-12(10)14-8-27-5-4-23(14)18(25)26/h2-3,6-7,9,14H,4-5,8H2,1H3,(H,25,26). The van der Waals surface area contributed by atoms with Crippen LogP contribution in [0.1, 0.15) is 17.2 Å². The first kappa shape index (κ1) is 18.0. The molecule has 0 bridgehead atoms. The number of amides is 1. The molecule has 0 aliphatic carbocycles. The lowest BCUT2D eigenvalue weighted by molar-refractivity contribution is -0.00108. The number of carbonyl (C=O) groups is 1. The van der Waals surface area contributed by atoms with Gasteiger partial charge in [-0.1, -0.05) is 29.3 Å². The number of aromatic nitrogens is 3. The van der Waals surface area contributed by atoms with Crippen molar-refractivity contribution in [3.8, 4) is 5.69 Å². The van der Waals surface area contributed by atoms with Crippen molar-refractivity contribution in [1.29, 1.82) is 0 Å². The molecule has 1 aromatic carbocycles. The van der Waals surface area contributed by atoms with E-state index in [1.54, 1.807) is 10.6 Å². The summed E-state index contributed by atoms with van der Waals surface area (Å²) in [6.07, 6.45) is 0.445. The summed E-state index contributed by atoms with van der Waals surface area (Å²) in [5.74, 6) is 0. The monoisotopic (exact) mass is 406 g/mol. The Morgan fingerprint density at radius 2 is 2.11 bits per heavy atom. The van der Waals surface area contributed by atoms with E-state index in [2.05, 4.69) is 9.97 Å². The van der Waals surface area contributed by atoms with Gasteiger partial charge in [0, 0.05) is 12.2 Å². The van der Waals surface area contributed by atoms with Crippen LogP contribution < -0.4 is 0 Å². The van der Waals surface area contributed by atoms with E-state index in [0.717, 1.165) is 16.8 Å². The molecule has 1 unspecified atom stereocenters. The number of hydrogen-bond acceptors (Lipinski definition) is 4. The number of aryl methyl sites for hydroxylation is 1. The van der Waals surface area contributed by atoms with E-state index in [1.165, 1.54) is 11.2 Å². The van der Waals surface area contributed by atoms with Crippen LogP contribution in [0.3, 0.4) is 0 Å².